The summed E-state index contributed by atoms with van der Waals surface area (Å²) in [6, 6.07) is 0. The Morgan fingerprint density at radius 2 is 0.286 bits per heavy atom. The lowest BCUT2D eigenvalue weighted by Crippen LogP contribution is -2.16. The predicted octanol–water partition coefficient (Wildman–Crippen LogP) is 2.68. The lowest BCUT2D eigenvalue weighted by molar-refractivity contribution is -0.142. The maximum atomic E-state index is 11.2. The molecule has 0 saturated heterocycles. The van der Waals surface area contributed by atoms with Gasteiger partial charge in [-0.25, -0.2) is 19.2 Å². The topological polar surface area (TPSA) is 234 Å². The van der Waals surface area contributed by atoms with Gasteiger partial charge in [0.1, 0.15) is 26.4 Å². The molecule has 0 rings (SSSR count). The highest BCUT2D eigenvalue weighted by atomic mass is 16.6. The van der Waals surface area contributed by atoms with Crippen LogP contribution in [0.4, 0.5) is 0 Å². The normalized spacial score (nSPS) is 10.8. The minimum Gasteiger partial charge on any atom is -0.460 e. The van der Waals surface area contributed by atoms with E-state index in [4.69, 9.17) is 85.3 Å². The summed E-state index contributed by atoms with van der Waals surface area (Å²) in [5.41, 5.74) is 1.43. The van der Waals surface area contributed by atoms with Crippen LogP contribution in [0, 0.1) is 0 Å². The summed E-state index contributed by atoms with van der Waals surface area (Å²) in [6.07, 6.45) is 0. The maximum Gasteiger partial charge on any atom is 0.333 e. The second kappa shape index (κ2) is 54.6. The molecular formula is C48H84O22. The molecule has 0 bridgehead atoms. The molecule has 0 saturated carbocycles. The van der Waals surface area contributed by atoms with Crippen LogP contribution in [-0.4, -0.2) is 235 Å². The van der Waals surface area contributed by atoms with Gasteiger partial charge in [-0.15, -0.1) is 0 Å². The van der Waals surface area contributed by atoms with Crippen LogP contribution in [0.5, 0.6) is 0 Å². The summed E-state index contributed by atoms with van der Waals surface area (Å²) in [4.78, 5) is 44.3. The Labute approximate surface area is 415 Å². The smallest absolute Gasteiger partial charge is 0.333 e. The molecule has 22 heteroatoms. The first-order chi connectivity index (χ1) is 33.9. The molecule has 0 aromatic heterocycles. The zero-order chi connectivity index (χ0) is 52.0. The van der Waals surface area contributed by atoms with Crippen molar-refractivity contribution in [1.29, 1.82) is 0 Å². The molecule has 0 N–H and O–H groups in total. The van der Waals surface area contributed by atoms with Gasteiger partial charge in [-0.3, -0.25) is 0 Å². The molecule has 0 atom stereocenters. The first kappa shape index (κ1) is 68.4. The Kier molecular flexibility index (Phi) is 53.3. The summed E-state index contributed by atoms with van der Waals surface area (Å²) < 4.78 is 95.1. The van der Waals surface area contributed by atoms with E-state index < -0.39 is 23.9 Å². The van der Waals surface area contributed by atoms with E-state index in [0.29, 0.717) is 194 Å². The molecule has 0 amide bonds. The average molecular weight is 1010 g/mol. The van der Waals surface area contributed by atoms with Crippen LogP contribution >= 0.6 is 0 Å². The summed E-state index contributed by atoms with van der Waals surface area (Å²) >= 11 is 0. The number of hydrogen-bond donors (Lipinski definition) is 0. The first-order valence-electron chi connectivity index (χ1n) is 23.3. The SMILES string of the molecule is C=C(C)C(=O)OCCOCCOC(=O)C(=C)C.C=C(C)C(=O)OCCOCCOCCOCCOCCOCCOCCOCCOCCOCCOCCOCCOCCOCCOC(=O)C(=C)C. The fourth-order valence-electron chi connectivity index (χ4n) is 4.11. The van der Waals surface area contributed by atoms with Gasteiger partial charge in [-0.2, -0.15) is 0 Å². The molecule has 0 radical (unpaired) electrons. The molecule has 0 heterocycles. The molecule has 0 aliphatic carbocycles. The van der Waals surface area contributed by atoms with Crippen molar-refractivity contribution in [3.63, 3.8) is 0 Å². The van der Waals surface area contributed by atoms with Gasteiger partial charge in [0.05, 0.1) is 185 Å². The number of ether oxygens (including phenoxy) is 18. The second-order valence-corrected chi connectivity index (χ2v) is 14.2. The lowest BCUT2D eigenvalue weighted by atomic mass is 10.4. The van der Waals surface area contributed by atoms with Gasteiger partial charge in [0.25, 0.3) is 0 Å². The van der Waals surface area contributed by atoms with Crippen molar-refractivity contribution < 1.29 is 104 Å². The third-order valence-corrected chi connectivity index (χ3v) is 7.70. The van der Waals surface area contributed by atoms with Gasteiger partial charge >= 0.3 is 23.9 Å². The van der Waals surface area contributed by atoms with Gasteiger partial charge < -0.3 is 85.3 Å². The molecule has 0 aromatic rings. The minimum atomic E-state index is -0.442. The molecule has 0 fully saturated rings. The Morgan fingerprint density at radius 3 is 0.371 bits per heavy atom. The number of esters is 4. The largest absolute Gasteiger partial charge is 0.460 e. The van der Waals surface area contributed by atoms with Crippen LogP contribution in [0.15, 0.2) is 48.6 Å². The van der Waals surface area contributed by atoms with Crippen molar-refractivity contribution in [1.82, 2.24) is 0 Å². The molecular weight excluding hydrogens is 929 g/mol. The monoisotopic (exact) mass is 1010 g/mol. The zero-order valence-corrected chi connectivity index (χ0v) is 42.4. The Bertz CT molecular complexity index is 1230. The van der Waals surface area contributed by atoms with Gasteiger partial charge in [-0.05, 0) is 27.7 Å². The third-order valence-electron chi connectivity index (χ3n) is 7.70. The third kappa shape index (κ3) is 55.2. The minimum absolute atomic E-state index is 0.153. The van der Waals surface area contributed by atoms with Crippen LogP contribution in [-0.2, 0) is 104 Å². The van der Waals surface area contributed by atoms with E-state index in [2.05, 4.69) is 26.3 Å². The van der Waals surface area contributed by atoms with Crippen LogP contribution in [0.25, 0.3) is 0 Å². The van der Waals surface area contributed by atoms with Crippen LogP contribution < -0.4 is 0 Å². The molecule has 0 aliphatic heterocycles. The van der Waals surface area contributed by atoms with Crippen molar-refractivity contribution in [3.8, 4) is 0 Å². The highest BCUT2D eigenvalue weighted by Crippen LogP contribution is 1.96. The van der Waals surface area contributed by atoms with Gasteiger partial charge in [-0.1, -0.05) is 26.3 Å². The predicted molar refractivity (Wildman–Crippen MR) is 255 cm³/mol. The van der Waals surface area contributed by atoms with Crippen molar-refractivity contribution in [2.75, 3.05) is 211 Å². The molecule has 0 unspecified atom stereocenters. The molecule has 0 aliphatic rings. The second-order valence-electron chi connectivity index (χ2n) is 14.2. The van der Waals surface area contributed by atoms with Gasteiger partial charge in [0.2, 0.25) is 0 Å². The van der Waals surface area contributed by atoms with E-state index in [0.717, 1.165) is 0 Å². The number of carbonyl (C=O) groups excluding carboxylic acids is 4. The van der Waals surface area contributed by atoms with Crippen molar-refractivity contribution in [2.24, 2.45) is 0 Å². The highest BCUT2D eigenvalue weighted by molar-refractivity contribution is 5.88. The van der Waals surface area contributed by atoms with Crippen molar-refractivity contribution >= 4 is 23.9 Å². The van der Waals surface area contributed by atoms with E-state index >= 15 is 0 Å². The molecule has 70 heavy (non-hydrogen) atoms. The zero-order valence-electron chi connectivity index (χ0n) is 42.4. The van der Waals surface area contributed by atoms with Gasteiger partial charge in [0.15, 0.2) is 0 Å². The molecule has 0 spiro atoms. The van der Waals surface area contributed by atoms with Crippen LogP contribution in [0.3, 0.4) is 0 Å². The van der Waals surface area contributed by atoms with Crippen molar-refractivity contribution in [3.05, 3.63) is 48.6 Å². The maximum absolute atomic E-state index is 11.2. The quantitative estimate of drug-likeness (QED) is 0.0369. The molecule has 22 nitrogen and oxygen atoms in total. The Hall–Kier alpha value is -3.72. The molecule has 408 valence electrons. The van der Waals surface area contributed by atoms with Crippen LogP contribution in [0.1, 0.15) is 27.7 Å². The summed E-state index contributed by atoms with van der Waals surface area (Å²) in [7, 11) is 0. The fraction of sp³-hybridized carbons (Fsp3) is 0.750. The van der Waals surface area contributed by atoms with Crippen LogP contribution in [0.2, 0.25) is 0 Å². The fourth-order valence-corrected chi connectivity index (χ4v) is 4.11. The summed E-state index contributed by atoms with van der Waals surface area (Å²) in [6.45, 7) is 33.3. The average Bonchev–Trinajstić information content (AvgIpc) is 3.33. The number of rotatable bonds is 52. The van der Waals surface area contributed by atoms with E-state index in [-0.39, 0.29) is 39.6 Å². The Balaban J connectivity index is 0. The lowest BCUT2D eigenvalue weighted by Gasteiger charge is -2.09. The first-order valence-corrected chi connectivity index (χ1v) is 23.3. The summed E-state index contributed by atoms with van der Waals surface area (Å²) in [5, 5.41) is 0. The Morgan fingerprint density at radius 1 is 0.200 bits per heavy atom. The van der Waals surface area contributed by atoms with E-state index in [1.165, 1.54) is 0 Å². The summed E-state index contributed by atoms with van der Waals surface area (Å²) in [5.74, 6) is -1.72. The number of hydrogen-bond acceptors (Lipinski definition) is 22. The van der Waals surface area contributed by atoms with E-state index in [1.807, 2.05) is 0 Å². The van der Waals surface area contributed by atoms with E-state index in [9.17, 15) is 19.2 Å². The highest BCUT2D eigenvalue weighted by Gasteiger charge is 2.05. The molecule has 0 aromatic carbocycles. The standard InChI is InChI=1S/C36H66O17.C12H18O5/c1-33(2)35(37)52-31-29-50-27-25-48-23-21-46-19-17-44-15-13-42-11-9-40-7-5-39-6-8-41-10-12-43-14-16-45-18-20-47-22-24-49-26-28-51-30-32-53-36(38)34(3)4;1-9(2)11(13)16-7-5-15-6-8-17-12(14)10(3)4/h1,3,5-32H2,2,4H3;1,3,5-8H2,2,4H3. The number of carbonyl (C=O) groups is 4. The van der Waals surface area contributed by atoms with Gasteiger partial charge in [0, 0.05) is 22.3 Å². The van der Waals surface area contributed by atoms with E-state index in [1.54, 1.807) is 27.7 Å². The van der Waals surface area contributed by atoms with Crippen molar-refractivity contribution in [2.45, 2.75) is 27.7 Å².